The maximum atomic E-state index is 12.2. The molecule has 0 aliphatic rings. The van der Waals surface area contributed by atoms with Gasteiger partial charge in [-0.3, -0.25) is 4.79 Å². The van der Waals surface area contributed by atoms with E-state index in [2.05, 4.69) is 20.4 Å². The van der Waals surface area contributed by atoms with Crippen LogP contribution in [0.2, 0.25) is 5.22 Å². The van der Waals surface area contributed by atoms with Crippen LogP contribution in [-0.4, -0.2) is 21.0 Å². The van der Waals surface area contributed by atoms with Crippen molar-refractivity contribution >= 4 is 17.5 Å². The number of amides is 1. The fraction of sp³-hybridized carbons (Fsp3) is 0.278. The molecule has 3 rings (SSSR count). The molecule has 2 N–H and O–H groups in total. The number of benzene rings is 1. The number of nitrogens with one attached hydrogen (secondary N) is 2. The summed E-state index contributed by atoms with van der Waals surface area (Å²) in [7, 11) is 0. The van der Waals surface area contributed by atoms with Gasteiger partial charge < -0.3 is 14.8 Å². The lowest BCUT2D eigenvalue weighted by molar-refractivity contribution is -0.121. The number of H-pyrrole nitrogens is 1. The summed E-state index contributed by atoms with van der Waals surface area (Å²) in [6.45, 7) is 3.70. The predicted molar refractivity (Wildman–Crippen MR) is 95.2 cm³/mol. The molecule has 0 aliphatic carbocycles. The molecule has 1 atom stereocenters. The van der Waals surface area contributed by atoms with E-state index in [0.717, 1.165) is 16.8 Å². The largest absolute Gasteiger partial charge is 0.346 e. The minimum atomic E-state index is -0.219. The number of carbonyl (C=O) groups is 1. The van der Waals surface area contributed by atoms with E-state index in [0.29, 0.717) is 24.4 Å². The van der Waals surface area contributed by atoms with Crippen LogP contribution in [0, 0.1) is 6.92 Å². The Hall–Kier alpha value is -2.60. The standard InChI is InChI=1S/C18H19ClN4O2/c1-11-14(17(19)25-23-11)8-9-16(24)21-12(2)18-20-10-15(22-18)13-6-4-3-5-7-13/h3-7,10,12H,8-9H2,1-2H3,(H,20,22)(H,21,24). The van der Waals surface area contributed by atoms with Crippen LogP contribution >= 0.6 is 11.6 Å². The molecule has 2 heterocycles. The van der Waals surface area contributed by atoms with Crippen molar-refractivity contribution in [2.45, 2.75) is 32.7 Å². The lowest BCUT2D eigenvalue weighted by Crippen LogP contribution is -2.27. The van der Waals surface area contributed by atoms with Crippen molar-refractivity contribution in [3.05, 3.63) is 58.8 Å². The molecular formula is C18H19ClN4O2. The Labute approximate surface area is 150 Å². The molecule has 1 amide bonds. The van der Waals surface area contributed by atoms with E-state index in [1.807, 2.05) is 37.3 Å². The predicted octanol–water partition coefficient (Wildman–Crippen LogP) is 3.84. The molecule has 3 aromatic rings. The zero-order valence-corrected chi connectivity index (χ0v) is 14.8. The maximum Gasteiger partial charge on any atom is 0.229 e. The fourth-order valence-corrected chi connectivity index (χ4v) is 2.85. The first-order chi connectivity index (χ1) is 12.0. The van der Waals surface area contributed by atoms with Crippen LogP contribution in [0.25, 0.3) is 11.3 Å². The molecule has 0 saturated heterocycles. The average Bonchev–Trinajstić information content (AvgIpc) is 3.22. The van der Waals surface area contributed by atoms with Gasteiger partial charge >= 0.3 is 0 Å². The van der Waals surface area contributed by atoms with Gasteiger partial charge in [-0.15, -0.1) is 0 Å². The number of hydrogen-bond acceptors (Lipinski definition) is 4. The van der Waals surface area contributed by atoms with Crippen LogP contribution in [0.15, 0.2) is 41.1 Å². The van der Waals surface area contributed by atoms with Gasteiger partial charge in [0.25, 0.3) is 0 Å². The monoisotopic (exact) mass is 358 g/mol. The van der Waals surface area contributed by atoms with Crippen LogP contribution < -0.4 is 5.32 Å². The molecule has 0 aliphatic heterocycles. The molecular weight excluding hydrogens is 340 g/mol. The molecule has 1 unspecified atom stereocenters. The van der Waals surface area contributed by atoms with E-state index >= 15 is 0 Å². The average molecular weight is 359 g/mol. The van der Waals surface area contributed by atoms with Crippen molar-refractivity contribution in [3.8, 4) is 11.3 Å². The van der Waals surface area contributed by atoms with Gasteiger partial charge in [0.05, 0.1) is 23.6 Å². The van der Waals surface area contributed by atoms with Gasteiger partial charge in [-0.05, 0) is 37.4 Å². The molecule has 7 heteroatoms. The molecule has 2 aromatic heterocycles. The number of aryl methyl sites for hydroxylation is 1. The SMILES string of the molecule is Cc1noc(Cl)c1CCC(=O)NC(C)c1ncc(-c2ccccc2)[nH]1. The van der Waals surface area contributed by atoms with Crippen molar-refractivity contribution < 1.29 is 9.32 Å². The summed E-state index contributed by atoms with van der Waals surface area (Å²) in [5.41, 5.74) is 3.46. The molecule has 130 valence electrons. The summed E-state index contributed by atoms with van der Waals surface area (Å²) in [5, 5.41) is 6.96. The maximum absolute atomic E-state index is 12.2. The van der Waals surface area contributed by atoms with Gasteiger partial charge in [0, 0.05) is 12.0 Å². The van der Waals surface area contributed by atoms with Gasteiger partial charge in [-0.25, -0.2) is 4.98 Å². The van der Waals surface area contributed by atoms with Crippen molar-refractivity contribution in [1.82, 2.24) is 20.4 Å². The van der Waals surface area contributed by atoms with Gasteiger partial charge in [-0.1, -0.05) is 35.5 Å². The fourth-order valence-electron chi connectivity index (χ4n) is 2.58. The molecule has 0 radical (unpaired) electrons. The van der Waals surface area contributed by atoms with Crippen LogP contribution in [-0.2, 0) is 11.2 Å². The van der Waals surface area contributed by atoms with Gasteiger partial charge in [0.1, 0.15) is 5.82 Å². The number of nitrogens with zero attached hydrogens (tertiary/aromatic N) is 2. The summed E-state index contributed by atoms with van der Waals surface area (Å²) >= 11 is 5.92. The number of hydrogen-bond donors (Lipinski definition) is 2. The first-order valence-corrected chi connectivity index (χ1v) is 8.42. The van der Waals surface area contributed by atoms with E-state index in [4.69, 9.17) is 16.1 Å². The lowest BCUT2D eigenvalue weighted by Gasteiger charge is -2.11. The summed E-state index contributed by atoms with van der Waals surface area (Å²) in [6, 6.07) is 9.70. The first kappa shape index (κ1) is 17.2. The second kappa shape index (κ2) is 7.53. The van der Waals surface area contributed by atoms with Crippen molar-refractivity contribution in [2.24, 2.45) is 0 Å². The Morgan fingerprint density at radius 1 is 1.36 bits per heavy atom. The minimum absolute atomic E-state index is 0.0816. The van der Waals surface area contributed by atoms with E-state index in [9.17, 15) is 4.79 Å². The van der Waals surface area contributed by atoms with Crippen molar-refractivity contribution in [3.63, 3.8) is 0 Å². The van der Waals surface area contributed by atoms with E-state index in [1.54, 1.807) is 13.1 Å². The Balaban J connectivity index is 1.58. The Kier molecular flexibility index (Phi) is 5.19. The highest BCUT2D eigenvalue weighted by molar-refractivity contribution is 6.29. The molecule has 0 spiro atoms. The Morgan fingerprint density at radius 2 is 2.12 bits per heavy atom. The number of aromatic amines is 1. The number of halogens is 1. The van der Waals surface area contributed by atoms with Crippen molar-refractivity contribution in [1.29, 1.82) is 0 Å². The van der Waals surface area contributed by atoms with E-state index in [1.165, 1.54) is 0 Å². The molecule has 0 bridgehead atoms. The van der Waals surface area contributed by atoms with Gasteiger partial charge in [-0.2, -0.15) is 0 Å². The third-order valence-electron chi connectivity index (χ3n) is 4.01. The smallest absolute Gasteiger partial charge is 0.229 e. The Morgan fingerprint density at radius 3 is 2.80 bits per heavy atom. The molecule has 1 aromatic carbocycles. The highest BCUT2D eigenvalue weighted by Crippen LogP contribution is 2.21. The molecule has 25 heavy (non-hydrogen) atoms. The van der Waals surface area contributed by atoms with Gasteiger partial charge in [0.15, 0.2) is 0 Å². The highest BCUT2D eigenvalue weighted by atomic mass is 35.5. The number of aromatic nitrogens is 3. The Bertz CT molecular complexity index is 838. The normalized spacial score (nSPS) is 12.1. The summed E-state index contributed by atoms with van der Waals surface area (Å²) < 4.78 is 4.89. The second-order valence-corrected chi connectivity index (χ2v) is 6.20. The molecule has 0 saturated carbocycles. The van der Waals surface area contributed by atoms with Crippen LogP contribution in [0.3, 0.4) is 0 Å². The van der Waals surface area contributed by atoms with E-state index < -0.39 is 0 Å². The summed E-state index contributed by atoms with van der Waals surface area (Å²) in [5.74, 6) is 0.633. The number of rotatable bonds is 6. The highest BCUT2D eigenvalue weighted by Gasteiger charge is 2.16. The van der Waals surface area contributed by atoms with Gasteiger partial charge in [0.2, 0.25) is 11.1 Å². The van der Waals surface area contributed by atoms with E-state index in [-0.39, 0.29) is 17.2 Å². The molecule has 6 nitrogen and oxygen atoms in total. The minimum Gasteiger partial charge on any atom is -0.346 e. The zero-order chi connectivity index (χ0) is 17.8. The zero-order valence-electron chi connectivity index (χ0n) is 14.0. The molecule has 0 fully saturated rings. The number of imidazole rings is 1. The number of carbonyl (C=O) groups excluding carboxylic acids is 1. The van der Waals surface area contributed by atoms with Crippen LogP contribution in [0.5, 0.6) is 0 Å². The lowest BCUT2D eigenvalue weighted by atomic mass is 10.1. The third kappa shape index (κ3) is 4.09. The van der Waals surface area contributed by atoms with Crippen molar-refractivity contribution in [2.75, 3.05) is 0 Å². The third-order valence-corrected chi connectivity index (χ3v) is 4.30. The second-order valence-electron chi connectivity index (χ2n) is 5.86. The quantitative estimate of drug-likeness (QED) is 0.701. The first-order valence-electron chi connectivity index (χ1n) is 8.05. The van der Waals surface area contributed by atoms with Crippen LogP contribution in [0.4, 0.5) is 0 Å². The summed E-state index contributed by atoms with van der Waals surface area (Å²) in [6.07, 6.45) is 2.56. The summed E-state index contributed by atoms with van der Waals surface area (Å²) in [4.78, 5) is 19.8. The topological polar surface area (TPSA) is 83.8 Å². The van der Waals surface area contributed by atoms with Crippen LogP contribution in [0.1, 0.15) is 36.5 Å².